The molecule has 0 amide bonds. The Hall–Kier alpha value is -2.59. The summed E-state index contributed by atoms with van der Waals surface area (Å²) in [5.74, 6) is 1.76. The lowest BCUT2D eigenvalue weighted by molar-refractivity contribution is 0.324. The van der Waals surface area contributed by atoms with Crippen LogP contribution in [0, 0.1) is 26.7 Å². The van der Waals surface area contributed by atoms with Crippen molar-refractivity contribution < 1.29 is 0 Å². The number of aryl methyl sites for hydroxylation is 3. The van der Waals surface area contributed by atoms with Gasteiger partial charge in [-0.15, -0.1) is 0 Å². The molecule has 1 aliphatic rings. The van der Waals surface area contributed by atoms with E-state index in [-0.39, 0.29) is 0 Å². The van der Waals surface area contributed by atoms with E-state index in [0.29, 0.717) is 6.04 Å². The first-order chi connectivity index (χ1) is 15.4. The molecular weight excluding hydrogens is 392 g/mol. The van der Waals surface area contributed by atoms with Crippen LogP contribution in [-0.2, 0) is 6.54 Å². The van der Waals surface area contributed by atoms with Gasteiger partial charge in [-0.3, -0.25) is 0 Å². The minimum Gasteiger partial charge on any atom is -0.377 e. The van der Waals surface area contributed by atoms with Gasteiger partial charge in [0.05, 0.1) is 5.52 Å². The number of aromatic nitrogens is 1. The lowest BCUT2D eigenvalue weighted by Crippen LogP contribution is -2.31. The Bertz CT molecular complexity index is 1040. The summed E-state index contributed by atoms with van der Waals surface area (Å²) in [6.45, 7) is 8.73. The Labute approximate surface area is 193 Å². The highest BCUT2D eigenvalue weighted by molar-refractivity contribution is 5.93. The number of nitrogens with one attached hydrogen (secondary N) is 2. The summed E-state index contributed by atoms with van der Waals surface area (Å²) in [7, 11) is 4.20. The monoisotopic (exact) mass is 430 g/mol. The van der Waals surface area contributed by atoms with E-state index < -0.39 is 0 Å². The summed E-state index contributed by atoms with van der Waals surface area (Å²) >= 11 is 0. The third kappa shape index (κ3) is 5.24. The minimum atomic E-state index is 0.511. The van der Waals surface area contributed by atoms with Gasteiger partial charge in [-0.2, -0.15) is 0 Å². The fourth-order valence-corrected chi connectivity index (χ4v) is 5.21. The molecule has 1 heterocycles. The summed E-state index contributed by atoms with van der Waals surface area (Å²) in [6.07, 6.45) is 4.96. The lowest BCUT2D eigenvalue weighted by atomic mass is 9.86. The molecule has 2 N–H and O–H groups in total. The van der Waals surface area contributed by atoms with Gasteiger partial charge in [0.15, 0.2) is 0 Å². The summed E-state index contributed by atoms with van der Waals surface area (Å²) in [6, 6.07) is 15.7. The van der Waals surface area contributed by atoms with Crippen LogP contribution in [0.5, 0.6) is 0 Å². The van der Waals surface area contributed by atoms with Gasteiger partial charge in [-0.05, 0) is 81.7 Å². The maximum Gasteiger partial charge on any atom is 0.128 e. The molecule has 2 aromatic carbocycles. The number of benzene rings is 2. The second kappa shape index (κ2) is 9.91. The molecule has 0 atom stereocenters. The van der Waals surface area contributed by atoms with Crippen LogP contribution < -0.4 is 15.5 Å². The average Bonchev–Trinajstić information content (AvgIpc) is 2.76. The number of rotatable bonds is 7. The van der Waals surface area contributed by atoms with E-state index in [9.17, 15) is 0 Å². The molecule has 170 valence electrons. The molecular formula is C28H38N4. The number of para-hydroxylation sites is 1. The standard InChI is InChI=1S/C28H38N4/c1-19-14-20(2)25(21(3)15-19)18-29-17-22-10-12-23(13-11-22)30-28-16-27(32(4)5)24-8-6-7-9-26(24)31-28/h6-9,14-16,22-23,29H,10-13,17-18H2,1-5H3,(H,30,31)/t22-,23+. The number of hydrogen-bond acceptors (Lipinski definition) is 4. The van der Waals surface area contributed by atoms with E-state index in [2.05, 4.69) is 92.9 Å². The van der Waals surface area contributed by atoms with Crippen LogP contribution >= 0.6 is 0 Å². The third-order valence-electron chi connectivity index (χ3n) is 6.95. The molecule has 1 aliphatic carbocycles. The number of pyridine rings is 1. The van der Waals surface area contributed by atoms with Crippen molar-refractivity contribution in [3.63, 3.8) is 0 Å². The van der Waals surface area contributed by atoms with Gasteiger partial charge in [0.1, 0.15) is 5.82 Å². The van der Waals surface area contributed by atoms with E-state index in [0.717, 1.165) is 30.3 Å². The highest BCUT2D eigenvalue weighted by atomic mass is 15.1. The Balaban J connectivity index is 1.30. The molecule has 0 bridgehead atoms. The number of hydrogen-bond donors (Lipinski definition) is 2. The number of anilines is 2. The Morgan fingerprint density at radius 3 is 2.31 bits per heavy atom. The first kappa shape index (κ1) is 22.6. The van der Waals surface area contributed by atoms with Gasteiger partial charge in [-0.25, -0.2) is 4.98 Å². The molecule has 3 aromatic rings. The minimum absolute atomic E-state index is 0.511. The van der Waals surface area contributed by atoms with Crippen LogP contribution in [0.1, 0.15) is 47.9 Å². The van der Waals surface area contributed by atoms with Gasteiger partial charge in [0.25, 0.3) is 0 Å². The zero-order valence-electron chi connectivity index (χ0n) is 20.3. The fourth-order valence-electron chi connectivity index (χ4n) is 5.21. The quantitative estimate of drug-likeness (QED) is 0.483. The average molecular weight is 431 g/mol. The first-order valence-electron chi connectivity index (χ1n) is 12.0. The van der Waals surface area contributed by atoms with Crippen LogP contribution in [0.3, 0.4) is 0 Å². The molecule has 0 unspecified atom stereocenters. The van der Waals surface area contributed by atoms with E-state index in [1.165, 1.54) is 59.0 Å². The lowest BCUT2D eigenvalue weighted by Gasteiger charge is -2.30. The van der Waals surface area contributed by atoms with Gasteiger partial charge >= 0.3 is 0 Å². The second-order valence-electron chi connectivity index (χ2n) is 9.81. The summed E-state index contributed by atoms with van der Waals surface area (Å²) < 4.78 is 0. The molecule has 4 rings (SSSR count). The van der Waals surface area contributed by atoms with E-state index in [4.69, 9.17) is 4.98 Å². The largest absolute Gasteiger partial charge is 0.377 e. The zero-order valence-corrected chi connectivity index (χ0v) is 20.3. The smallest absolute Gasteiger partial charge is 0.128 e. The van der Waals surface area contributed by atoms with Crippen LogP contribution in [-0.4, -0.2) is 31.7 Å². The maximum absolute atomic E-state index is 4.89. The zero-order chi connectivity index (χ0) is 22.7. The van der Waals surface area contributed by atoms with Crippen molar-refractivity contribution in [2.24, 2.45) is 5.92 Å². The molecule has 1 fully saturated rings. The van der Waals surface area contributed by atoms with Gasteiger partial charge in [-0.1, -0.05) is 35.9 Å². The van der Waals surface area contributed by atoms with Gasteiger partial charge < -0.3 is 15.5 Å². The Morgan fingerprint density at radius 2 is 1.62 bits per heavy atom. The second-order valence-corrected chi connectivity index (χ2v) is 9.81. The first-order valence-corrected chi connectivity index (χ1v) is 12.0. The van der Waals surface area contributed by atoms with Crippen LogP contribution in [0.15, 0.2) is 42.5 Å². The van der Waals surface area contributed by atoms with Crippen molar-refractivity contribution in [1.82, 2.24) is 10.3 Å². The Morgan fingerprint density at radius 1 is 0.938 bits per heavy atom. The predicted molar refractivity (Wildman–Crippen MR) is 138 cm³/mol. The molecule has 0 radical (unpaired) electrons. The van der Waals surface area contributed by atoms with E-state index in [1.807, 2.05) is 0 Å². The van der Waals surface area contributed by atoms with Crippen molar-refractivity contribution in [3.8, 4) is 0 Å². The highest BCUT2D eigenvalue weighted by Gasteiger charge is 2.21. The van der Waals surface area contributed by atoms with Crippen molar-refractivity contribution in [3.05, 3.63) is 64.7 Å². The molecule has 1 saturated carbocycles. The van der Waals surface area contributed by atoms with Crippen molar-refractivity contribution in [2.45, 2.75) is 59.0 Å². The Kier molecular flexibility index (Phi) is 7.00. The van der Waals surface area contributed by atoms with Crippen molar-refractivity contribution in [1.29, 1.82) is 0 Å². The van der Waals surface area contributed by atoms with Crippen LogP contribution in [0.4, 0.5) is 11.5 Å². The van der Waals surface area contributed by atoms with E-state index >= 15 is 0 Å². The van der Waals surface area contributed by atoms with E-state index in [1.54, 1.807) is 0 Å². The fraction of sp³-hybridized carbons (Fsp3) is 0.464. The molecule has 32 heavy (non-hydrogen) atoms. The molecule has 0 aliphatic heterocycles. The normalized spacial score (nSPS) is 18.7. The molecule has 4 heteroatoms. The van der Waals surface area contributed by atoms with Crippen LogP contribution in [0.25, 0.3) is 10.9 Å². The van der Waals surface area contributed by atoms with Gasteiger partial charge in [0, 0.05) is 43.8 Å². The number of nitrogens with zero attached hydrogens (tertiary/aromatic N) is 2. The molecule has 0 spiro atoms. The predicted octanol–water partition coefficient (Wildman–Crippen LogP) is 5.99. The summed E-state index contributed by atoms with van der Waals surface area (Å²) in [5, 5.41) is 8.68. The van der Waals surface area contributed by atoms with Gasteiger partial charge in [0.2, 0.25) is 0 Å². The number of fused-ring (bicyclic) bond motifs is 1. The topological polar surface area (TPSA) is 40.2 Å². The molecule has 4 nitrogen and oxygen atoms in total. The summed E-state index contributed by atoms with van der Waals surface area (Å²) in [4.78, 5) is 7.06. The summed E-state index contributed by atoms with van der Waals surface area (Å²) in [5.41, 5.74) is 7.91. The third-order valence-corrected chi connectivity index (χ3v) is 6.95. The molecule has 1 aromatic heterocycles. The maximum atomic E-state index is 4.89. The van der Waals surface area contributed by atoms with Crippen molar-refractivity contribution >= 4 is 22.4 Å². The highest BCUT2D eigenvalue weighted by Crippen LogP contribution is 2.30. The SMILES string of the molecule is Cc1cc(C)c(CNC[C@H]2CC[C@@H](Nc3cc(N(C)C)c4ccccc4n3)CC2)c(C)c1. The van der Waals surface area contributed by atoms with Crippen LogP contribution in [0.2, 0.25) is 0 Å². The molecule has 0 saturated heterocycles. The van der Waals surface area contributed by atoms with Crippen molar-refractivity contribution in [2.75, 3.05) is 30.9 Å².